The van der Waals surface area contributed by atoms with E-state index in [0.717, 1.165) is 0 Å². The van der Waals surface area contributed by atoms with Crippen molar-refractivity contribution in [3.63, 3.8) is 0 Å². The van der Waals surface area contributed by atoms with Gasteiger partial charge in [-0.3, -0.25) is 4.79 Å². The number of methoxy groups -OCH3 is 1. The normalized spacial score (nSPS) is 12.0. The molecule has 1 aromatic carbocycles. The highest BCUT2D eigenvalue weighted by molar-refractivity contribution is 6.42. The first-order chi connectivity index (χ1) is 11.8. The Labute approximate surface area is 154 Å². The van der Waals surface area contributed by atoms with E-state index in [-0.39, 0.29) is 18.7 Å². The number of hydrogen-bond acceptors (Lipinski definition) is 4. The summed E-state index contributed by atoms with van der Waals surface area (Å²) in [7, 11) is 1.46. The molecule has 0 spiro atoms. The molecule has 0 aliphatic rings. The van der Waals surface area contributed by atoms with Crippen molar-refractivity contribution in [2.45, 2.75) is 19.4 Å². The number of nitrogens with one attached hydrogen (secondary N) is 1. The summed E-state index contributed by atoms with van der Waals surface area (Å²) in [5, 5.41) is 16.6. The third-order valence-electron chi connectivity index (χ3n) is 3.48. The number of carbonyl (C=O) groups excluding carboxylic acids is 1. The molecule has 1 aromatic heterocycles. The van der Waals surface area contributed by atoms with Crippen LogP contribution in [0.3, 0.4) is 0 Å². The highest BCUT2D eigenvalue weighted by Crippen LogP contribution is 2.25. The van der Waals surface area contributed by atoms with Crippen LogP contribution in [0.15, 0.2) is 24.3 Å². The number of aryl methyl sites for hydroxylation is 1. The van der Waals surface area contributed by atoms with Crippen molar-refractivity contribution in [1.82, 2.24) is 15.1 Å². The standard InChI is InChI=1S/C16H17Cl2N3O4/c1-9-7-14(15(22)19-13(16(23)24)5-6-25-2)20-21(9)10-3-4-11(17)12(18)8-10/h3-4,7-8,13H,5-6H2,1-2H3,(H,19,22)(H,23,24). The number of ether oxygens (including phenoxy) is 1. The molecule has 0 bridgehead atoms. The van der Waals surface area contributed by atoms with E-state index in [4.69, 9.17) is 33.0 Å². The minimum absolute atomic E-state index is 0.104. The molecule has 2 N–H and O–H groups in total. The van der Waals surface area contributed by atoms with E-state index < -0.39 is 17.9 Å². The highest BCUT2D eigenvalue weighted by atomic mass is 35.5. The Kier molecular flexibility index (Phi) is 6.41. The quantitative estimate of drug-likeness (QED) is 0.763. The number of rotatable bonds is 7. The van der Waals surface area contributed by atoms with Gasteiger partial charge in [-0.2, -0.15) is 5.10 Å². The molecule has 0 saturated heterocycles. The van der Waals surface area contributed by atoms with Crippen LogP contribution in [0.25, 0.3) is 5.69 Å². The van der Waals surface area contributed by atoms with E-state index in [1.165, 1.54) is 11.8 Å². The zero-order valence-electron chi connectivity index (χ0n) is 13.6. The van der Waals surface area contributed by atoms with Crippen LogP contribution < -0.4 is 5.32 Å². The lowest BCUT2D eigenvalue weighted by molar-refractivity contribution is -0.139. The third kappa shape index (κ3) is 4.72. The molecular formula is C16H17Cl2N3O4. The molecular weight excluding hydrogens is 369 g/mol. The summed E-state index contributed by atoms with van der Waals surface area (Å²) in [4.78, 5) is 23.5. The number of benzene rings is 1. The van der Waals surface area contributed by atoms with E-state index in [2.05, 4.69) is 10.4 Å². The monoisotopic (exact) mass is 385 g/mol. The third-order valence-corrected chi connectivity index (χ3v) is 4.22. The molecule has 2 rings (SSSR count). The predicted octanol–water partition coefficient (Wildman–Crippen LogP) is 2.71. The summed E-state index contributed by atoms with van der Waals surface area (Å²) in [5.41, 5.74) is 1.43. The second-order valence-corrected chi connectivity index (χ2v) is 6.14. The lowest BCUT2D eigenvalue weighted by Gasteiger charge is -2.12. The SMILES string of the molecule is COCCC(NC(=O)c1cc(C)n(-c2ccc(Cl)c(Cl)c2)n1)C(=O)O. The van der Waals surface area contributed by atoms with Crippen LogP contribution in [0, 0.1) is 6.92 Å². The summed E-state index contributed by atoms with van der Waals surface area (Å²) in [6.07, 6.45) is 0.157. The minimum Gasteiger partial charge on any atom is -0.480 e. The number of aliphatic carboxylic acids is 1. The average Bonchev–Trinajstić information content (AvgIpc) is 2.95. The van der Waals surface area contributed by atoms with Crippen LogP contribution in [0.5, 0.6) is 0 Å². The van der Waals surface area contributed by atoms with Gasteiger partial charge in [-0.15, -0.1) is 0 Å². The molecule has 0 aliphatic carbocycles. The molecule has 1 atom stereocenters. The Morgan fingerprint density at radius 1 is 1.32 bits per heavy atom. The van der Waals surface area contributed by atoms with E-state index in [0.29, 0.717) is 21.4 Å². The largest absolute Gasteiger partial charge is 0.480 e. The average molecular weight is 386 g/mol. The van der Waals surface area contributed by atoms with Gasteiger partial charge in [0.05, 0.1) is 15.7 Å². The number of halogens is 2. The number of amides is 1. The van der Waals surface area contributed by atoms with Crippen molar-refractivity contribution < 1.29 is 19.4 Å². The Balaban J connectivity index is 2.21. The van der Waals surface area contributed by atoms with Crippen molar-refractivity contribution >= 4 is 35.1 Å². The molecule has 7 nitrogen and oxygen atoms in total. The Morgan fingerprint density at radius 2 is 2.04 bits per heavy atom. The number of aromatic nitrogens is 2. The van der Waals surface area contributed by atoms with Gasteiger partial charge in [-0.05, 0) is 31.2 Å². The van der Waals surface area contributed by atoms with E-state index in [9.17, 15) is 9.59 Å². The molecule has 1 heterocycles. The Hall–Kier alpha value is -2.09. The zero-order valence-corrected chi connectivity index (χ0v) is 15.1. The first-order valence-corrected chi connectivity index (χ1v) is 8.13. The Bertz CT molecular complexity index is 792. The van der Waals surface area contributed by atoms with Crippen molar-refractivity contribution in [3.8, 4) is 5.69 Å². The fourth-order valence-electron chi connectivity index (χ4n) is 2.19. The van der Waals surface area contributed by atoms with Crippen LogP contribution >= 0.6 is 23.2 Å². The van der Waals surface area contributed by atoms with Crippen molar-refractivity contribution in [2.24, 2.45) is 0 Å². The molecule has 0 aliphatic heterocycles. The van der Waals surface area contributed by atoms with Gasteiger partial charge in [0.15, 0.2) is 5.69 Å². The molecule has 134 valence electrons. The summed E-state index contributed by atoms with van der Waals surface area (Å²) in [6, 6.07) is 5.49. The number of carbonyl (C=O) groups is 2. The number of carboxylic acid groups (broad SMARTS) is 1. The summed E-state index contributed by atoms with van der Waals surface area (Å²) in [5.74, 6) is -1.71. The van der Waals surface area contributed by atoms with Gasteiger partial charge in [0.1, 0.15) is 6.04 Å². The second kappa shape index (κ2) is 8.33. The van der Waals surface area contributed by atoms with Crippen LogP contribution in [0.2, 0.25) is 10.0 Å². The van der Waals surface area contributed by atoms with Gasteiger partial charge in [0, 0.05) is 25.8 Å². The van der Waals surface area contributed by atoms with Crippen molar-refractivity contribution in [1.29, 1.82) is 0 Å². The molecule has 2 aromatic rings. The molecule has 0 fully saturated rings. The van der Waals surface area contributed by atoms with E-state index >= 15 is 0 Å². The van der Waals surface area contributed by atoms with Gasteiger partial charge in [0.25, 0.3) is 5.91 Å². The molecule has 1 unspecified atom stereocenters. The first-order valence-electron chi connectivity index (χ1n) is 7.38. The maximum absolute atomic E-state index is 12.3. The van der Waals surface area contributed by atoms with E-state index in [1.54, 1.807) is 31.2 Å². The topological polar surface area (TPSA) is 93.5 Å². The van der Waals surface area contributed by atoms with Crippen molar-refractivity contribution in [3.05, 3.63) is 45.7 Å². The fraction of sp³-hybridized carbons (Fsp3) is 0.312. The number of nitrogens with zero attached hydrogens (tertiary/aromatic N) is 2. The number of hydrogen-bond donors (Lipinski definition) is 2. The molecule has 9 heteroatoms. The molecule has 1 amide bonds. The smallest absolute Gasteiger partial charge is 0.326 e. The zero-order chi connectivity index (χ0) is 18.6. The Morgan fingerprint density at radius 3 is 2.64 bits per heavy atom. The lowest BCUT2D eigenvalue weighted by atomic mass is 10.2. The van der Waals surface area contributed by atoms with Crippen molar-refractivity contribution in [2.75, 3.05) is 13.7 Å². The fourth-order valence-corrected chi connectivity index (χ4v) is 2.48. The molecule has 25 heavy (non-hydrogen) atoms. The van der Waals surface area contributed by atoms with Gasteiger partial charge >= 0.3 is 5.97 Å². The maximum atomic E-state index is 12.3. The van der Waals surface area contributed by atoms with E-state index in [1.807, 2.05) is 0 Å². The molecule has 0 saturated carbocycles. The highest BCUT2D eigenvalue weighted by Gasteiger charge is 2.22. The number of carboxylic acids is 1. The minimum atomic E-state index is -1.13. The van der Waals surface area contributed by atoms with Gasteiger partial charge in [0.2, 0.25) is 0 Å². The maximum Gasteiger partial charge on any atom is 0.326 e. The summed E-state index contributed by atoms with van der Waals surface area (Å²) < 4.78 is 6.38. The summed E-state index contributed by atoms with van der Waals surface area (Å²) >= 11 is 11.9. The van der Waals surface area contributed by atoms with Crippen LogP contribution in [-0.2, 0) is 9.53 Å². The lowest BCUT2D eigenvalue weighted by Crippen LogP contribution is -2.41. The predicted molar refractivity (Wildman–Crippen MR) is 93.7 cm³/mol. The van der Waals surface area contributed by atoms with Crippen LogP contribution in [0.4, 0.5) is 0 Å². The van der Waals surface area contributed by atoms with Gasteiger partial charge < -0.3 is 15.2 Å². The van der Waals surface area contributed by atoms with Crippen LogP contribution in [0.1, 0.15) is 22.6 Å². The first kappa shape index (κ1) is 19.2. The van der Waals surface area contributed by atoms with Crippen LogP contribution in [-0.4, -0.2) is 46.5 Å². The second-order valence-electron chi connectivity index (χ2n) is 5.33. The molecule has 0 radical (unpaired) electrons. The van der Waals surface area contributed by atoms with Gasteiger partial charge in [-0.1, -0.05) is 23.2 Å². The van der Waals surface area contributed by atoms with Gasteiger partial charge in [-0.25, -0.2) is 9.48 Å². The summed E-state index contributed by atoms with van der Waals surface area (Å²) in [6.45, 7) is 1.99.